The molecule has 0 unspecified atom stereocenters. The second kappa shape index (κ2) is 8.17. The van der Waals surface area contributed by atoms with Crippen molar-refractivity contribution in [1.29, 1.82) is 0 Å². The van der Waals surface area contributed by atoms with Crippen molar-refractivity contribution in [3.05, 3.63) is 10.4 Å². The van der Waals surface area contributed by atoms with Crippen molar-refractivity contribution in [3.63, 3.8) is 0 Å². The van der Waals surface area contributed by atoms with Gasteiger partial charge in [0.2, 0.25) is 0 Å². The van der Waals surface area contributed by atoms with Gasteiger partial charge in [0.1, 0.15) is 4.83 Å². The van der Waals surface area contributed by atoms with Crippen LogP contribution in [0.1, 0.15) is 31.2 Å². The Kier molecular flexibility index (Phi) is 5.82. The van der Waals surface area contributed by atoms with E-state index in [1.807, 2.05) is 10.7 Å². The van der Waals surface area contributed by atoms with Crippen LogP contribution in [-0.2, 0) is 27.3 Å². The number of esters is 1. The number of carbonyl (C=O) groups excluding carboxylic acids is 1. The van der Waals surface area contributed by atoms with Crippen molar-refractivity contribution in [1.82, 2.24) is 19.6 Å². The lowest BCUT2D eigenvalue weighted by atomic mass is 9.96. The van der Waals surface area contributed by atoms with E-state index in [0.29, 0.717) is 24.3 Å². The summed E-state index contributed by atoms with van der Waals surface area (Å²) in [5.41, 5.74) is 2.09. The molecule has 1 atom stereocenters. The molecule has 0 bridgehead atoms. The first kappa shape index (κ1) is 19.9. The highest BCUT2D eigenvalue weighted by Gasteiger charge is 2.29. The van der Waals surface area contributed by atoms with Crippen LogP contribution in [0.2, 0.25) is 0 Å². The van der Waals surface area contributed by atoms with Gasteiger partial charge in [-0.15, -0.1) is 21.5 Å². The van der Waals surface area contributed by atoms with Crippen molar-refractivity contribution in [2.45, 2.75) is 50.2 Å². The topological polar surface area (TPSA) is 78.6 Å². The van der Waals surface area contributed by atoms with Gasteiger partial charge in [0.05, 0.1) is 30.5 Å². The summed E-state index contributed by atoms with van der Waals surface area (Å²) in [7, 11) is 0. The molecule has 0 saturated carbocycles. The van der Waals surface area contributed by atoms with Crippen LogP contribution >= 0.6 is 34.9 Å². The number of carbonyl (C=O) groups is 1. The number of ether oxygens (including phenoxy) is 2. The number of thiophene rings is 1. The Bertz CT molecular complexity index is 1030. The molecule has 3 aromatic heterocycles. The van der Waals surface area contributed by atoms with Gasteiger partial charge in [0.25, 0.3) is 0 Å². The molecule has 4 heterocycles. The Morgan fingerprint density at radius 1 is 1.39 bits per heavy atom. The van der Waals surface area contributed by atoms with Crippen molar-refractivity contribution in [3.8, 4) is 0 Å². The molecule has 150 valence electrons. The molecular formula is C18H22N4O3S3. The fraction of sp³-hybridized carbons (Fsp3) is 0.556. The molecular weight excluding hydrogens is 416 g/mol. The van der Waals surface area contributed by atoms with Crippen LogP contribution in [0.25, 0.3) is 15.9 Å². The molecule has 0 spiro atoms. The predicted octanol–water partition coefficient (Wildman–Crippen LogP) is 3.81. The first-order valence-electron chi connectivity index (χ1n) is 9.16. The van der Waals surface area contributed by atoms with E-state index in [1.165, 1.54) is 22.2 Å². The number of aromatic nitrogens is 4. The van der Waals surface area contributed by atoms with E-state index in [9.17, 15) is 4.79 Å². The van der Waals surface area contributed by atoms with E-state index in [1.54, 1.807) is 30.0 Å². The monoisotopic (exact) mass is 438 g/mol. The maximum atomic E-state index is 11.8. The standard InChI is InChI=1S/C18H22N4O3S3/c1-5-24-13(23)8-27-18-21-20-15-14-10-6-11(9(2)3)25-7-12(10)28-16(14)19-17(26-4)22(15)18/h9,11H,5-8H2,1-4H3/t11-/m0/s1. The fourth-order valence-corrected chi connectivity index (χ4v) is 5.81. The fourth-order valence-electron chi connectivity index (χ4n) is 3.31. The van der Waals surface area contributed by atoms with Gasteiger partial charge >= 0.3 is 5.97 Å². The maximum absolute atomic E-state index is 11.8. The van der Waals surface area contributed by atoms with Crippen molar-refractivity contribution in [2.24, 2.45) is 5.92 Å². The Morgan fingerprint density at radius 3 is 2.93 bits per heavy atom. The van der Waals surface area contributed by atoms with Crippen LogP contribution in [0.15, 0.2) is 10.3 Å². The number of hydrogen-bond acceptors (Lipinski definition) is 9. The summed E-state index contributed by atoms with van der Waals surface area (Å²) >= 11 is 4.55. The van der Waals surface area contributed by atoms with Gasteiger partial charge in [-0.05, 0) is 24.7 Å². The van der Waals surface area contributed by atoms with Crippen molar-refractivity contribution < 1.29 is 14.3 Å². The number of fused-ring (bicyclic) bond motifs is 5. The molecule has 0 aliphatic carbocycles. The van der Waals surface area contributed by atoms with E-state index in [0.717, 1.165) is 27.4 Å². The average Bonchev–Trinajstić information content (AvgIpc) is 3.26. The highest BCUT2D eigenvalue weighted by Crippen LogP contribution is 2.40. The van der Waals surface area contributed by atoms with E-state index in [2.05, 4.69) is 24.0 Å². The quantitative estimate of drug-likeness (QED) is 0.327. The summed E-state index contributed by atoms with van der Waals surface area (Å²) in [6, 6.07) is 0. The van der Waals surface area contributed by atoms with Crippen LogP contribution in [0, 0.1) is 5.92 Å². The molecule has 3 aromatic rings. The Balaban J connectivity index is 1.80. The molecule has 10 heteroatoms. The lowest BCUT2D eigenvalue weighted by Crippen LogP contribution is -2.26. The number of hydrogen-bond donors (Lipinski definition) is 0. The smallest absolute Gasteiger partial charge is 0.316 e. The number of rotatable bonds is 6. The molecule has 0 saturated heterocycles. The summed E-state index contributed by atoms with van der Waals surface area (Å²) in [6.07, 6.45) is 3.05. The SMILES string of the molecule is CCOC(=O)CSc1nnc2c3c4c(sc3nc(SC)n12)CO[C@H](C(C)C)C4. The molecule has 0 amide bonds. The van der Waals surface area contributed by atoms with Crippen LogP contribution < -0.4 is 0 Å². The highest BCUT2D eigenvalue weighted by atomic mass is 32.2. The first-order valence-corrected chi connectivity index (χ1v) is 12.2. The summed E-state index contributed by atoms with van der Waals surface area (Å²) in [4.78, 5) is 18.8. The first-order chi connectivity index (χ1) is 13.5. The molecule has 0 radical (unpaired) electrons. The Hall–Kier alpha value is -1.36. The summed E-state index contributed by atoms with van der Waals surface area (Å²) in [5, 5.41) is 11.4. The van der Waals surface area contributed by atoms with Gasteiger partial charge in [0, 0.05) is 11.3 Å². The average molecular weight is 439 g/mol. The Morgan fingerprint density at radius 2 is 2.21 bits per heavy atom. The second-order valence-corrected chi connectivity index (χ2v) is 9.61. The minimum absolute atomic E-state index is 0.200. The molecule has 28 heavy (non-hydrogen) atoms. The minimum Gasteiger partial charge on any atom is -0.465 e. The third kappa shape index (κ3) is 3.51. The van der Waals surface area contributed by atoms with Crippen LogP contribution in [0.5, 0.6) is 0 Å². The maximum Gasteiger partial charge on any atom is 0.316 e. The van der Waals surface area contributed by atoms with Crippen LogP contribution in [-0.4, -0.2) is 50.3 Å². The molecule has 0 aromatic carbocycles. The Labute approximate surface area is 175 Å². The van der Waals surface area contributed by atoms with E-state index in [4.69, 9.17) is 14.5 Å². The van der Waals surface area contributed by atoms with Crippen molar-refractivity contribution >= 4 is 56.7 Å². The lowest BCUT2D eigenvalue weighted by molar-refractivity contribution is -0.139. The largest absolute Gasteiger partial charge is 0.465 e. The summed E-state index contributed by atoms with van der Waals surface area (Å²) < 4.78 is 13.0. The molecule has 1 aliphatic heterocycles. The molecule has 7 nitrogen and oxygen atoms in total. The zero-order valence-corrected chi connectivity index (χ0v) is 18.7. The molecule has 1 aliphatic rings. The molecule has 0 fully saturated rings. The zero-order chi connectivity index (χ0) is 19.8. The van der Waals surface area contributed by atoms with Crippen LogP contribution in [0.3, 0.4) is 0 Å². The van der Waals surface area contributed by atoms with Crippen LogP contribution in [0.4, 0.5) is 0 Å². The predicted molar refractivity (Wildman–Crippen MR) is 112 cm³/mol. The zero-order valence-electron chi connectivity index (χ0n) is 16.2. The third-order valence-electron chi connectivity index (χ3n) is 4.70. The number of nitrogens with zero attached hydrogens (tertiary/aromatic N) is 4. The van der Waals surface area contributed by atoms with E-state index in [-0.39, 0.29) is 17.8 Å². The van der Waals surface area contributed by atoms with Gasteiger partial charge in [-0.1, -0.05) is 37.4 Å². The van der Waals surface area contributed by atoms with Gasteiger partial charge < -0.3 is 9.47 Å². The second-order valence-electron chi connectivity index (χ2n) is 6.82. The minimum atomic E-state index is -0.256. The van der Waals surface area contributed by atoms with Gasteiger partial charge in [-0.2, -0.15) is 0 Å². The molecule has 0 N–H and O–H groups in total. The normalized spacial score (nSPS) is 16.8. The highest BCUT2D eigenvalue weighted by molar-refractivity contribution is 8.00. The summed E-state index contributed by atoms with van der Waals surface area (Å²) in [5.74, 6) is 0.394. The van der Waals surface area contributed by atoms with Gasteiger partial charge in [-0.25, -0.2) is 9.38 Å². The lowest BCUT2D eigenvalue weighted by Gasteiger charge is -2.26. The number of thioether (sulfide) groups is 2. The van der Waals surface area contributed by atoms with E-state index < -0.39 is 0 Å². The van der Waals surface area contributed by atoms with Crippen molar-refractivity contribution in [2.75, 3.05) is 18.6 Å². The van der Waals surface area contributed by atoms with E-state index >= 15 is 0 Å². The third-order valence-corrected chi connectivity index (χ3v) is 7.34. The van der Waals surface area contributed by atoms with Gasteiger partial charge in [0.15, 0.2) is 16.0 Å². The molecule has 4 rings (SSSR count). The summed E-state index contributed by atoms with van der Waals surface area (Å²) in [6.45, 7) is 7.17. The van der Waals surface area contributed by atoms with Gasteiger partial charge in [-0.3, -0.25) is 4.79 Å².